The summed E-state index contributed by atoms with van der Waals surface area (Å²) in [6.07, 6.45) is 1.60. The summed E-state index contributed by atoms with van der Waals surface area (Å²) in [6.45, 7) is 2.28. The molecule has 1 unspecified atom stereocenters. The van der Waals surface area contributed by atoms with Crippen molar-refractivity contribution in [2.24, 2.45) is 5.92 Å². The first kappa shape index (κ1) is 21.8. The molecule has 1 aromatic heterocycles. The third kappa shape index (κ3) is 3.92. The van der Waals surface area contributed by atoms with Crippen molar-refractivity contribution in [1.82, 2.24) is 9.78 Å². The fourth-order valence-corrected chi connectivity index (χ4v) is 4.37. The van der Waals surface area contributed by atoms with Crippen molar-refractivity contribution in [2.45, 2.75) is 38.3 Å². The van der Waals surface area contributed by atoms with Gasteiger partial charge in [0.15, 0.2) is 0 Å². The molecule has 9 heteroatoms. The lowest BCUT2D eigenvalue weighted by atomic mass is 10.1. The number of aromatic nitrogens is 2. The fraction of sp³-hybridized carbons (Fsp3) is 0.280. The van der Waals surface area contributed by atoms with Crippen molar-refractivity contribution in [2.75, 3.05) is 10.2 Å². The summed E-state index contributed by atoms with van der Waals surface area (Å²) >= 11 is 0. The highest BCUT2D eigenvalue weighted by atomic mass is 19.3. The maximum atomic E-state index is 13.5. The molecule has 1 aliphatic heterocycles. The van der Waals surface area contributed by atoms with Crippen LogP contribution >= 0.6 is 0 Å². The summed E-state index contributed by atoms with van der Waals surface area (Å²) in [5, 5.41) is 16.0. The van der Waals surface area contributed by atoms with Crippen LogP contribution in [0.5, 0.6) is 0 Å². The van der Waals surface area contributed by atoms with Gasteiger partial charge in [0.1, 0.15) is 5.69 Å². The van der Waals surface area contributed by atoms with Gasteiger partial charge in [-0.15, -0.1) is 0 Å². The number of benzene rings is 2. The van der Waals surface area contributed by atoms with Crippen LogP contribution in [0.4, 0.5) is 20.2 Å². The minimum absolute atomic E-state index is 0.0773. The summed E-state index contributed by atoms with van der Waals surface area (Å²) in [5.74, 6) is -4.05. The molecule has 0 spiro atoms. The number of anilines is 2. The number of nitrogens with one attached hydrogen (secondary N) is 1. The van der Waals surface area contributed by atoms with Gasteiger partial charge in [-0.05, 0) is 49.2 Å². The number of nitriles is 1. The van der Waals surface area contributed by atoms with Gasteiger partial charge in [0.05, 0.1) is 36.0 Å². The Labute approximate surface area is 194 Å². The molecule has 3 aromatic rings. The van der Waals surface area contributed by atoms with Gasteiger partial charge in [-0.2, -0.15) is 10.4 Å². The van der Waals surface area contributed by atoms with E-state index < -0.39 is 17.7 Å². The van der Waals surface area contributed by atoms with E-state index in [0.29, 0.717) is 29.9 Å². The number of carbonyl (C=O) groups is 2. The molecule has 1 aliphatic carbocycles. The van der Waals surface area contributed by atoms with Crippen molar-refractivity contribution in [3.63, 3.8) is 0 Å². The molecular weight excluding hydrogens is 440 g/mol. The minimum atomic E-state index is -2.57. The first-order valence-electron chi connectivity index (χ1n) is 10.9. The topological polar surface area (TPSA) is 91.0 Å². The first-order valence-corrected chi connectivity index (χ1v) is 10.9. The van der Waals surface area contributed by atoms with Crippen molar-refractivity contribution in [3.05, 3.63) is 77.1 Å². The maximum Gasteiger partial charge on any atom is 0.277 e. The molecule has 2 atom stereocenters. The number of hydrogen-bond acceptors (Lipinski definition) is 4. The molecule has 0 bridgehead atoms. The van der Waals surface area contributed by atoms with E-state index in [9.17, 15) is 18.4 Å². The second-order valence-electron chi connectivity index (χ2n) is 8.79. The number of hydrogen-bond donors (Lipinski definition) is 1. The Kier molecular flexibility index (Phi) is 5.16. The lowest BCUT2D eigenvalue weighted by Gasteiger charge is -2.34. The van der Waals surface area contributed by atoms with E-state index in [1.54, 1.807) is 53.4 Å². The van der Waals surface area contributed by atoms with Crippen LogP contribution in [0.15, 0.2) is 54.7 Å². The molecule has 172 valence electrons. The first-order chi connectivity index (χ1) is 16.3. The van der Waals surface area contributed by atoms with Crippen LogP contribution in [0, 0.1) is 17.2 Å². The van der Waals surface area contributed by atoms with Crippen LogP contribution in [-0.2, 0) is 13.0 Å². The molecule has 0 radical (unpaired) electrons. The summed E-state index contributed by atoms with van der Waals surface area (Å²) in [7, 11) is 0. The Balaban J connectivity index is 1.37. The van der Waals surface area contributed by atoms with E-state index in [1.807, 2.05) is 13.0 Å². The number of nitrogens with zero attached hydrogens (tertiary/aromatic N) is 4. The highest BCUT2D eigenvalue weighted by molar-refractivity contribution is 6.15. The average molecular weight is 461 g/mol. The van der Waals surface area contributed by atoms with Crippen molar-refractivity contribution in [3.8, 4) is 6.07 Å². The zero-order chi connectivity index (χ0) is 24.0. The molecule has 34 heavy (non-hydrogen) atoms. The molecule has 2 aliphatic rings. The number of fused-ring (bicyclic) bond motifs is 1. The largest absolute Gasteiger partial charge is 0.322 e. The van der Waals surface area contributed by atoms with E-state index in [2.05, 4.69) is 10.4 Å². The van der Waals surface area contributed by atoms with Crippen LogP contribution in [0.3, 0.4) is 0 Å². The molecule has 1 fully saturated rings. The summed E-state index contributed by atoms with van der Waals surface area (Å²) in [4.78, 5) is 28.0. The maximum absolute atomic E-state index is 13.5. The third-order valence-electron chi connectivity index (χ3n) is 6.29. The predicted octanol–water partition coefficient (Wildman–Crippen LogP) is 4.25. The van der Waals surface area contributed by atoms with E-state index >= 15 is 0 Å². The number of alkyl halides is 2. The summed E-state index contributed by atoms with van der Waals surface area (Å²) < 4.78 is 28.0. The molecular formula is C25H21F2N5O2. The Hall–Kier alpha value is -4.06. The SMILES string of the molecule is C[C@H]1Cn2ncc(C(=O)Nc3cccc(C#N)c3)c2C(=O)N1c1ccc(CC2CC2(F)F)cc1. The van der Waals surface area contributed by atoms with E-state index in [0.717, 1.165) is 5.56 Å². The molecule has 2 aromatic carbocycles. The predicted molar refractivity (Wildman–Crippen MR) is 121 cm³/mol. The van der Waals surface area contributed by atoms with Crippen LogP contribution in [0.1, 0.15) is 45.3 Å². The highest BCUT2D eigenvalue weighted by Crippen LogP contribution is 2.50. The lowest BCUT2D eigenvalue weighted by molar-refractivity contribution is 0.0933. The van der Waals surface area contributed by atoms with Gasteiger partial charge in [0, 0.05) is 23.7 Å². The van der Waals surface area contributed by atoms with Gasteiger partial charge in [-0.25, -0.2) is 8.78 Å². The molecule has 7 nitrogen and oxygen atoms in total. The molecule has 5 rings (SSSR count). The van der Waals surface area contributed by atoms with Gasteiger partial charge in [0.25, 0.3) is 17.7 Å². The second-order valence-corrected chi connectivity index (χ2v) is 8.79. The number of rotatable bonds is 5. The second kappa shape index (κ2) is 8.06. The van der Waals surface area contributed by atoms with Gasteiger partial charge in [0.2, 0.25) is 0 Å². The zero-order valence-electron chi connectivity index (χ0n) is 18.3. The lowest BCUT2D eigenvalue weighted by Crippen LogP contribution is -2.47. The molecule has 1 N–H and O–H groups in total. The normalized spacial score (nSPS) is 20.4. The zero-order valence-corrected chi connectivity index (χ0v) is 18.3. The molecule has 1 saturated carbocycles. The smallest absolute Gasteiger partial charge is 0.277 e. The summed E-state index contributed by atoms with van der Waals surface area (Å²) in [6, 6.07) is 15.3. The Bertz CT molecular complexity index is 1330. The van der Waals surface area contributed by atoms with Gasteiger partial charge >= 0.3 is 0 Å². The van der Waals surface area contributed by atoms with Crippen LogP contribution in [0.2, 0.25) is 0 Å². The molecule has 2 amide bonds. The number of carbonyl (C=O) groups excluding carboxylic acids is 2. The van der Waals surface area contributed by atoms with E-state index in [1.165, 1.54) is 10.9 Å². The fourth-order valence-electron chi connectivity index (χ4n) is 4.37. The van der Waals surface area contributed by atoms with E-state index in [4.69, 9.17) is 5.26 Å². The van der Waals surface area contributed by atoms with E-state index in [-0.39, 0.29) is 29.6 Å². The minimum Gasteiger partial charge on any atom is -0.322 e. The highest BCUT2D eigenvalue weighted by Gasteiger charge is 2.56. The molecule has 2 heterocycles. The van der Waals surface area contributed by atoms with Gasteiger partial charge in [-0.3, -0.25) is 14.3 Å². The van der Waals surface area contributed by atoms with Crippen molar-refractivity contribution < 1.29 is 18.4 Å². The Morgan fingerprint density at radius 1 is 1.26 bits per heavy atom. The monoisotopic (exact) mass is 461 g/mol. The van der Waals surface area contributed by atoms with Crippen LogP contribution in [0.25, 0.3) is 0 Å². The Morgan fingerprint density at radius 3 is 2.68 bits per heavy atom. The van der Waals surface area contributed by atoms with Crippen LogP contribution < -0.4 is 10.2 Å². The van der Waals surface area contributed by atoms with Crippen molar-refractivity contribution >= 4 is 23.2 Å². The van der Waals surface area contributed by atoms with Crippen LogP contribution in [-0.4, -0.2) is 33.6 Å². The average Bonchev–Trinajstić information content (AvgIpc) is 3.19. The standard InChI is InChI=1S/C25H21F2N5O2/c1-15-14-31-22(21(13-29-31)23(33)30-19-4-2-3-17(10-19)12-28)24(34)32(15)20-7-5-16(6-8-20)9-18-11-25(18,26)27/h2-8,10,13,15,18H,9,11,14H2,1H3,(H,30,33)/t15-,18?/m0/s1. The quantitative estimate of drug-likeness (QED) is 0.615. The molecule has 0 saturated heterocycles. The summed E-state index contributed by atoms with van der Waals surface area (Å²) in [5.41, 5.74) is 2.58. The number of halogens is 2. The van der Waals surface area contributed by atoms with Gasteiger partial charge < -0.3 is 10.2 Å². The Morgan fingerprint density at radius 2 is 2.00 bits per heavy atom. The number of amides is 2. The third-order valence-corrected chi connectivity index (χ3v) is 6.29. The van der Waals surface area contributed by atoms with Gasteiger partial charge in [-0.1, -0.05) is 18.2 Å². The van der Waals surface area contributed by atoms with Crippen molar-refractivity contribution in [1.29, 1.82) is 5.26 Å².